The van der Waals surface area contributed by atoms with Crippen LogP contribution in [0.3, 0.4) is 0 Å². The van der Waals surface area contributed by atoms with E-state index in [1.807, 2.05) is 32.0 Å². The first-order valence-electron chi connectivity index (χ1n) is 6.35. The Labute approximate surface area is 118 Å². The fraction of sp³-hybridized carbons (Fsp3) is 0.333. The lowest BCUT2D eigenvalue weighted by Crippen LogP contribution is -2.10. The lowest BCUT2D eigenvalue weighted by atomic mass is 10.1. The molecule has 2 rings (SSSR count). The summed E-state index contributed by atoms with van der Waals surface area (Å²) >= 11 is 1.63. The lowest BCUT2D eigenvalue weighted by Gasteiger charge is -2.15. The Hall–Kier alpha value is -1.39. The lowest BCUT2D eigenvalue weighted by molar-refractivity contribution is 0.863. The summed E-state index contributed by atoms with van der Waals surface area (Å²) in [4.78, 5) is 9.09. The zero-order chi connectivity index (χ0) is 13.8. The molecule has 0 saturated heterocycles. The third-order valence-corrected chi connectivity index (χ3v) is 4.39. The molecule has 3 nitrogen and oxygen atoms in total. The molecule has 1 aromatic carbocycles. The van der Waals surface area contributed by atoms with Crippen molar-refractivity contribution in [3.05, 3.63) is 52.8 Å². The largest absolute Gasteiger partial charge is 0.329 e. The van der Waals surface area contributed by atoms with Crippen LogP contribution in [0.15, 0.2) is 35.5 Å². The topological polar surface area (TPSA) is 51.8 Å². The Morgan fingerprint density at radius 3 is 2.16 bits per heavy atom. The maximum atomic E-state index is 5.88. The molecule has 0 radical (unpaired) electrons. The maximum absolute atomic E-state index is 5.88. The number of aryl methyl sites for hydroxylation is 2. The highest BCUT2D eigenvalue weighted by molar-refractivity contribution is 7.99. The van der Waals surface area contributed by atoms with Crippen molar-refractivity contribution >= 4 is 11.8 Å². The zero-order valence-corrected chi connectivity index (χ0v) is 12.4. The second-order valence-electron chi connectivity index (χ2n) is 4.55. The molecule has 1 atom stereocenters. The minimum atomic E-state index is 0.197. The fourth-order valence-electron chi connectivity index (χ4n) is 1.84. The Bertz CT molecular complexity index is 532. The molecular formula is C15H19N3S. The first-order valence-corrected chi connectivity index (χ1v) is 7.23. The van der Waals surface area contributed by atoms with Crippen LogP contribution in [-0.2, 0) is 0 Å². The predicted molar refractivity (Wildman–Crippen MR) is 80.3 cm³/mol. The van der Waals surface area contributed by atoms with Crippen LogP contribution < -0.4 is 5.73 Å². The van der Waals surface area contributed by atoms with E-state index in [1.54, 1.807) is 11.8 Å². The van der Waals surface area contributed by atoms with Crippen LogP contribution in [0.2, 0.25) is 0 Å². The Morgan fingerprint density at radius 2 is 1.63 bits per heavy atom. The average molecular weight is 273 g/mol. The van der Waals surface area contributed by atoms with Gasteiger partial charge >= 0.3 is 0 Å². The molecule has 0 aliphatic carbocycles. The number of thioether (sulfide) groups is 1. The monoisotopic (exact) mass is 273 g/mol. The van der Waals surface area contributed by atoms with E-state index < -0.39 is 0 Å². The van der Waals surface area contributed by atoms with Gasteiger partial charge in [0.15, 0.2) is 5.16 Å². The number of aromatic nitrogens is 2. The van der Waals surface area contributed by atoms with Gasteiger partial charge in [0, 0.05) is 23.2 Å². The third-order valence-electron chi connectivity index (χ3n) is 3.25. The third kappa shape index (κ3) is 3.33. The van der Waals surface area contributed by atoms with Crippen molar-refractivity contribution in [2.75, 3.05) is 6.54 Å². The second-order valence-corrected chi connectivity index (χ2v) is 5.72. The van der Waals surface area contributed by atoms with E-state index in [4.69, 9.17) is 5.73 Å². The van der Waals surface area contributed by atoms with Crippen molar-refractivity contribution in [1.82, 2.24) is 9.97 Å². The molecule has 4 heteroatoms. The number of nitrogens with two attached hydrogens (primary N) is 1. The van der Waals surface area contributed by atoms with Gasteiger partial charge < -0.3 is 5.73 Å². The molecule has 2 aromatic rings. The first-order chi connectivity index (χ1) is 9.11. The van der Waals surface area contributed by atoms with Crippen molar-refractivity contribution in [2.24, 2.45) is 5.73 Å². The molecule has 1 heterocycles. The quantitative estimate of drug-likeness (QED) is 0.686. The van der Waals surface area contributed by atoms with E-state index in [9.17, 15) is 0 Å². The van der Waals surface area contributed by atoms with Crippen LogP contribution in [-0.4, -0.2) is 16.5 Å². The number of benzene rings is 1. The molecule has 0 aliphatic heterocycles. The van der Waals surface area contributed by atoms with E-state index in [0.29, 0.717) is 6.54 Å². The highest BCUT2D eigenvalue weighted by Gasteiger charge is 2.14. The number of nitrogens with zero attached hydrogens (tertiary/aromatic N) is 2. The van der Waals surface area contributed by atoms with Crippen LogP contribution in [0.25, 0.3) is 0 Å². The van der Waals surface area contributed by atoms with Gasteiger partial charge in [-0.2, -0.15) is 0 Å². The minimum Gasteiger partial charge on any atom is -0.329 e. The molecular weight excluding hydrogens is 254 g/mol. The van der Waals surface area contributed by atoms with Crippen molar-refractivity contribution < 1.29 is 0 Å². The van der Waals surface area contributed by atoms with Crippen molar-refractivity contribution in [3.63, 3.8) is 0 Å². The van der Waals surface area contributed by atoms with Crippen LogP contribution in [0.4, 0.5) is 0 Å². The summed E-state index contributed by atoms with van der Waals surface area (Å²) in [6.45, 7) is 6.67. The summed E-state index contributed by atoms with van der Waals surface area (Å²) in [5.41, 5.74) is 10.3. The molecule has 1 unspecified atom stereocenters. The Balaban J connectivity index is 2.24. The first kappa shape index (κ1) is 14.0. The zero-order valence-electron chi connectivity index (χ0n) is 11.6. The SMILES string of the molecule is Cc1nc(SC(CN)c2ccccc2)nc(C)c1C. The molecule has 0 bridgehead atoms. The highest BCUT2D eigenvalue weighted by Crippen LogP contribution is 2.32. The van der Waals surface area contributed by atoms with Gasteiger partial charge in [0.25, 0.3) is 0 Å². The van der Waals surface area contributed by atoms with Gasteiger partial charge in [0.05, 0.1) is 0 Å². The highest BCUT2D eigenvalue weighted by atomic mass is 32.2. The average Bonchev–Trinajstić information content (AvgIpc) is 2.43. The maximum Gasteiger partial charge on any atom is 0.188 e. The predicted octanol–water partition coefficient (Wildman–Crippen LogP) is 3.19. The molecule has 2 N–H and O–H groups in total. The molecule has 100 valence electrons. The van der Waals surface area contributed by atoms with Crippen molar-refractivity contribution in [2.45, 2.75) is 31.2 Å². The van der Waals surface area contributed by atoms with Crippen molar-refractivity contribution in [3.8, 4) is 0 Å². The summed E-state index contributed by atoms with van der Waals surface area (Å²) in [5.74, 6) is 0. The summed E-state index contributed by atoms with van der Waals surface area (Å²) in [6.07, 6.45) is 0. The standard InChI is InChI=1S/C15H19N3S/c1-10-11(2)17-15(18-12(10)3)19-14(9-16)13-7-5-4-6-8-13/h4-8,14H,9,16H2,1-3H3. The summed E-state index contributed by atoms with van der Waals surface area (Å²) in [6, 6.07) is 10.3. The van der Waals surface area contributed by atoms with E-state index in [-0.39, 0.29) is 5.25 Å². The molecule has 0 aliphatic rings. The van der Waals surface area contributed by atoms with Crippen LogP contribution in [0.1, 0.15) is 27.8 Å². The van der Waals surface area contributed by atoms with Gasteiger partial charge in [-0.3, -0.25) is 0 Å². The van der Waals surface area contributed by atoms with Gasteiger partial charge in [0.1, 0.15) is 0 Å². The number of rotatable bonds is 4. The van der Waals surface area contributed by atoms with Gasteiger partial charge in [0.2, 0.25) is 0 Å². The van der Waals surface area contributed by atoms with Gasteiger partial charge in [-0.25, -0.2) is 9.97 Å². The second kappa shape index (κ2) is 6.17. The number of hydrogen-bond donors (Lipinski definition) is 1. The van der Waals surface area contributed by atoms with Crippen LogP contribution >= 0.6 is 11.8 Å². The summed E-state index contributed by atoms with van der Waals surface area (Å²) in [5, 5.41) is 1.00. The van der Waals surface area contributed by atoms with Gasteiger partial charge in [-0.1, -0.05) is 42.1 Å². The molecule has 0 amide bonds. The minimum absolute atomic E-state index is 0.197. The smallest absolute Gasteiger partial charge is 0.188 e. The number of hydrogen-bond acceptors (Lipinski definition) is 4. The molecule has 0 saturated carbocycles. The van der Waals surface area contributed by atoms with Crippen LogP contribution in [0, 0.1) is 20.8 Å². The molecule has 1 aromatic heterocycles. The molecule has 0 spiro atoms. The summed E-state index contributed by atoms with van der Waals surface area (Å²) < 4.78 is 0. The van der Waals surface area contributed by atoms with E-state index in [1.165, 1.54) is 5.56 Å². The van der Waals surface area contributed by atoms with Gasteiger partial charge in [-0.05, 0) is 31.9 Å². The van der Waals surface area contributed by atoms with E-state index >= 15 is 0 Å². The van der Waals surface area contributed by atoms with E-state index in [0.717, 1.165) is 22.1 Å². The molecule has 0 fully saturated rings. The summed E-state index contributed by atoms with van der Waals surface area (Å²) in [7, 11) is 0. The van der Waals surface area contributed by atoms with Crippen molar-refractivity contribution in [1.29, 1.82) is 0 Å². The van der Waals surface area contributed by atoms with Gasteiger partial charge in [-0.15, -0.1) is 0 Å². The molecule has 19 heavy (non-hydrogen) atoms. The fourth-order valence-corrected chi connectivity index (χ4v) is 2.86. The Morgan fingerprint density at radius 1 is 1.05 bits per heavy atom. The normalized spacial score (nSPS) is 12.4. The van der Waals surface area contributed by atoms with E-state index in [2.05, 4.69) is 29.0 Å². The Kier molecular flexibility index (Phi) is 4.56. The van der Waals surface area contributed by atoms with Crippen LogP contribution in [0.5, 0.6) is 0 Å².